The van der Waals surface area contributed by atoms with Gasteiger partial charge in [-0.1, -0.05) is 44.9 Å². The van der Waals surface area contributed by atoms with Crippen LogP contribution >= 0.6 is 0 Å². The van der Waals surface area contributed by atoms with E-state index in [0.717, 1.165) is 80.1 Å². The van der Waals surface area contributed by atoms with Crippen LogP contribution < -0.4 is 15.2 Å². The fourth-order valence-corrected chi connectivity index (χ4v) is 15.2. The Morgan fingerprint density at radius 2 is 1.66 bits per heavy atom. The number of Topliss-reactive ketones (excluding diaryl/α,β-unsaturated/α-hetero) is 1. The zero-order valence-corrected chi connectivity index (χ0v) is 46.5. The first-order valence-corrected chi connectivity index (χ1v) is 28.7. The first-order chi connectivity index (χ1) is 37.9. The number of piperazine rings is 1. The van der Waals surface area contributed by atoms with Crippen LogP contribution in [-0.2, 0) is 58.6 Å². The van der Waals surface area contributed by atoms with E-state index in [4.69, 9.17) is 19.2 Å². The lowest BCUT2D eigenvalue weighted by Gasteiger charge is -2.55. The van der Waals surface area contributed by atoms with Gasteiger partial charge in [0.15, 0.2) is 11.4 Å². The first-order valence-electron chi connectivity index (χ1n) is 28.7. The van der Waals surface area contributed by atoms with Crippen LogP contribution in [0.1, 0.15) is 145 Å². The second-order valence-electron chi connectivity index (χ2n) is 23.6. The number of hydrogen-bond acceptors (Lipinski definition) is 13. The van der Waals surface area contributed by atoms with Crippen LogP contribution in [0.5, 0.6) is 5.75 Å². The number of unbranched alkanes of at least 4 members (excludes halogenated alkanes) is 2. The molecule has 79 heavy (non-hydrogen) atoms. The van der Waals surface area contributed by atoms with Crippen molar-refractivity contribution >= 4 is 52.1 Å². The molecule has 3 fully saturated rings. The van der Waals surface area contributed by atoms with Gasteiger partial charge in [0.1, 0.15) is 24.7 Å². The third kappa shape index (κ3) is 9.19. The van der Waals surface area contributed by atoms with Crippen molar-refractivity contribution in [3.05, 3.63) is 109 Å². The zero-order chi connectivity index (χ0) is 55.7. The summed E-state index contributed by atoms with van der Waals surface area (Å²) in [6, 6.07) is 15.9. The number of anilines is 1. The second-order valence-corrected chi connectivity index (χ2v) is 23.6. The van der Waals surface area contributed by atoms with Crippen molar-refractivity contribution in [1.82, 2.24) is 19.4 Å². The normalized spacial score (nSPS) is 25.8. The van der Waals surface area contributed by atoms with Crippen molar-refractivity contribution in [2.75, 3.05) is 51.3 Å². The average molecular weight is 1080 g/mol. The van der Waals surface area contributed by atoms with E-state index in [-0.39, 0.29) is 83.6 Å². The number of amides is 2. The van der Waals surface area contributed by atoms with Gasteiger partial charge in [0.05, 0.1) is 34.4 Å². The van der Waals surface area contributed by atoms with Crippen molar-refractivity contribution < 1.29 is 48.1 Å². The summed E-state index contributed by atoms with van der Waals surface area (Å²) in [7, 11) is 2.10. The molecule has 4 aliphatic carbocycles. The number of ketones is 2. The fraction of sp³-hybridized carbons (Fsp3) is 0.524. The van der Waals surface area contributed by atoms with Gasteiger partial charge >= 0.3 is 18.0 Å². The first kappa shape index (κ1) is 54.0. The Labute approximate surface area is 461 Å². The minimum Gasteiger partial charge on any atom is -0.465 e. The molecule has 1 saturated heterocycles. The van der Waals surface area contributed by atoms with Crippen LogP contribution in [-0.4, -0.2) is 106 Å². The summed E-state index contributed by atoms with van der Waals surface area (Å²) in [6.45, 7) is 11.6. The van der Waals surface area contributed by atoms with E-state index in [1.54, 1.807) is 41.5 Å². The highest BCUT2D eigenvalue weighted by molar-refractivity contribution is 5.93. The maximum absolute atomic E-state index is 13.8. The van der Waals surface area contributed by atoms with E-state index in [1.165, 1.54) is 29.2 Å². The summed E-state index contributed by atoms with van der Waals surface area (Å²) in [4.78, 5) is 103. The lowest BCUT2D eigenvalue weighted by atomic mass is 9.48. The number of nitrogens with zero attached hydrogens (tertiary/aromatic N) is 5. The molecule has 2 aromatic heterocycles. The summed E-state index contributed by atoms with van der Waals surface area (Å²) in [5.74, 6) is 0.288. The number of carbonyl (C=O) groups excluding carboxylic acids is 6. The molecule has 2 aromatic carbocycles. The lowest BCUT2D eigenvalue weighted by molar-refractivity contribution is -0.172. The van der Waals surface area contributed by atoms with Gasteiger partial charge in [-0.15, -0.1) is 0 Å². The molecule has 0 radical (unpaired) electrons. The largest absolute Gasteiger partial charge is 0.465 e. The Hall–Kier alpha value is -6.94. The van der Waals surface area contributed by atoms with Gasteiger partial charge in [0, 0.05) is 87.7 Å². The number of aryl methyl sites for hydroxylation is 1. The molecule has 2 saturated carbocycles. The molecule has 7 aliphatic rings. The molecule has 16 nitrogen and oxygen atoms in total. The van der Waals surface area contributed by atoms with Crippen LogP contribution in [0.2, 0.25) is 0 Å². The molecule has 0 spiro atoms. The molecular formula is C63H73N5O11. The Kier molecular flexibility index (Phi) is 14.3. The highest BCUT2D eigenvalue weighted by Gasteiger charge is 2.65. The number of benzene rings is 2. The highest BCUT2D eigenvalue weighted by atomic mass is 16.6. The van der Waals surface area contributed by atoms with Crippen LogP contribution in [0.3, 0.4) is 0 Å². The zero-order valence-electron chi connectivity index (χ0n) is 46.5. The molecule has 1 N–H and O–H groups in total. The van der Waals surface area contributed by atoms with Crippen LogP contribution in [0.15, 0.2) is 76.1 Å². The standard InChI is InChI=1S/C63H73N5O11/c1-7-44-47-31-43(19-22-53(47)64-57-49(44)34-68-54(57)32-52-50(58(68)73)35-77-59(74)63(52,76)8-2)79-60(75)67-28-26-66(27-29-67)55(72)12-10-9-11-25-65(6)41-16-13-39(14-17-41)48-33-61(5)51(23-24-62(61,37(3)69)36-78-38(4)70)46-20-15-40-30-42(71)18-21-45(40)56(46)48/h13-14,16-17,19,22,30-32,46,48,51,76H,7-12,15,18,20-21,23-29,33-36H2,1-6H3/t46-,48+,51-,61-,62-,63-/m0/s1. The minimum absolute atomic E-state index is 0.0567. The number of fused-ring (bicyclic) bond motifs is 9. The van der Waals surface area contributed by atoms with Crippen LogP contribution in [0.4, 0.5) is 10.5 Å². The maximum atomic E-state index is 13.8. The molecule has 0 bridgehead atoms. The predicted octanol–water partition coefficient (Wildman–Crippen LogP) is 9.02. The molecule has 416 valence electrons. The summed E-state index contributed by atoms with van der Waals surface area (Å²) in [5, 5.41) is 12.1. The molecule has 0 unspecified atom stereocenters. The number of aliphatic hydroxyl groups is 1. The molecule has 16 heteroatoms. The number of pyridine rings is 2. The third-order valence-electron chi connectivity index (χ3n) is 19.6. The topological polar surface area (TPSA) is 195 Å². The van der Waals surface area contributed by atoms with E-state index in [1.807, 2.05) is 24.0 Å². The van der Waals surface area contributed by atoms with Gasteiger partial charge in [-0.05, 0) is 153 Å². The van der Waals surface area contributed by atoms with Gasteiger partial charge in [-0.25, -0.2) is 14.6 Å². The van der Waals surface area contributed by atoms with Crippen molar-refractivity contribution in [3.63, 3.8) is 0 Å². The van der Waals surface area contributed by atoms with Crippen molar-refractivity contribution in [1.29, 1.82) is 0 Å². The molecule has 3 aliphatic heterocycles. The van der Waals surface area contributed by atoms with Crippen molar-refractivity contribution in [2.24, 2.45) is 22.7 Å². The molecule has 4 aromatic rings. The summed E-state index contributed by atoms with van der Waals surface area (Å²) in [5.41, 5.74) is 7.15. The fourth-order valence-electron chi connectivity index (χ4n) is 15.2. The number of hydrogen-bond donors (Lipinski definition) is 1. The quantitative estimate of drug-likeness (QED) is 0.0818. The summed E-state index contributed by atoms with van der Waals surface area (Å²) >= 11 is 0. The van der Waals surface area contributed by atoms with E-state index in [9.17, 15) is 38.7 Å². The highest BCUT2D eigenvalue weighted by Crippen LogP contribution is 2.70. The molecular weight excluding hydrogens is 1000 g/mol. The lowest BCUT2D eigenvalue weighted by Crippen LogP contribution is -2.52. The summed E-state index contributed by atoms with van der Waals surface area (Å²) in [6.07, 6.45) is 10.6. The van der Waals surface area contributed by atoms with E-state index in [2.05, 4.69) is 43.1 Å². The number of rotatable bonds is 14. The Balaban J connectivity index is 0.673. The Morgan fingerprint density at radius 3 is 2.38 bits per heavy atom. The number of cyclic esters (lactones) is 1. The van der Waals surface area contributed by atoms with Gasteiger partial charge in [0.25, 0.3) is 5.56 Å². The van der Waals surface area contributed by atoms with Crippen molar-refractivity contribution in [3.8, 4) is 17.1 Å². The summed E-state index contributed by atoms with van der Waals surface area (Å²) < 4.78 is 18.5. The monoisotopic (exact) mass is 1080 g/mol. The molecule has 6 atom stereocenters. The number of ether oxygens (including phenoxy) is 3. The third-order valence-corrected chi connectivity index (χ3v) is 19.6. The molecule has 11 rings (SSSR count). The van der Waals surface area contributed by atoms with Crippen LogP contribution in [0, 0.1) is 22.7 Å². The number of carbonyl (C=O) groups is 6. The average Bonchev–Trinajstić information content (AvgIpc) is 3.62. The SMILES string of the molecule is CCc1c2c(nc3ccc(OC(=O)N4CCN(C(=O)CCCCCN(C)c5ccc([C@H]6C[C@@]7(C)[C@@H](CC[C@]7(COC(C)=O)C(C)=O)[C@@H]7CCC8=CC(=O)CCC8=C76)cc5)CC4)cc13)-c1cc3c(c(=O)n1C2)COC(=O)[C@]3(O)CC. The van der Waals surface area contributed by atoms with Gasteiger partial charge in [0.2, 0.25) is 5.91 Å². The Morgan fingerprint density at radius 1 is 0.899 bits per heavy atom. The molecule has 5 heterocycles. The van der Waals surface area contributed by atoms with E-state index >= 15 is 0 Å². The number of esters is 2. The Bertz CT molecular complexity index is 3330. The van der Waals surface area contributed by atoms with E-state index < -0.39 is 23.1 Å². The second kappa shape index (κ2) is 20.9. The van der Waals surface area contributed by atoms with Gasteiger partial charge in [-0.2, -0.15) is 0 Å². The van der Waals surface area contributed by atoms with E-state index in [0.29, 0.717) is 80.4 Å². The number of aromatic nitrogens is 2. The smallest absolute Gasteiger partial charge is 0.415 e. The maximum Gasteiger partial charge on any atom is 0.415 e. The van der Waals surface area contributed by atoms with Crippen molar-refractivity contribution in [2.45, 2.75) is 143 Å². The number of allylic oxidation sites excluding steroid dienone is 4. The molecule has 2 amide bonds. The minimum atomic E-state index is -1.92. The van der Waals surface area contributed by atoms with Gasteiger partial charge < -0.3 is 38.6 Å². The van der Waals surface area contributed by atoms with Crippen LogP contribution in [0.25, 0.3) is 22.3 Å². The van der Waals surface area contributed by atoms with Gasteiger partial charge in [-0.3, -0.25) is 24.0 Å². The predicted molar refractivity (Wildman–Crippen MR) is 296 cm³/mol.